The fourth-order valence-corrected chi connectivity index (χ4v) is 8.00. The second-order valence-electron chi connectivity index (χ2n) is 14.0. The van der Waals surface area contributed by atoms with Crippen molar-refractivity contribution in [1.29, 1.82) is 0 Å². The number of aromatic nitrogens is 1. The molecule has 0 aliphatic heterocycles. The van der Waals surface area contributed by atoms with E-state index in [1.807, 2.05) is 55.5 Å². The molecule has 0 radical (unpaired) electrons. The van der Waals surface area contributed by atoms with Crippen molar-refractivity contribution in [3.8, 4) is 16.8 Å². The molecule has 0 fully saturated rings. The Morgan fingerprint density at radius 2 is 1.22 bits per heavy atom. The highest BCUT2D eigenvalue weighted by Crippen LogP contribution is 2.53. The Morgan fingerprint density at radius 3 is 2.00 bits per heavy atom. The molecular formula is C48H37N3. The number of fused-ring (bicyclic) bond motifs is 8. The van der Waals surface area contributed by atoms with Crippen LogP contribution in [-0.4, -0.2) is 16.1 Å². The molecule has 0 spiro atoms. The topological polar surface area (TPSA) is 29.6 Å². The van der Waals surface area contributed by atoms with Crippen LogP contribution >= 0.6 is 0 Å². The van der Waals surface area contributed by atoms with Crippen molar-refractivity contribution >= 4 is 49.8 Å². The van der Waals surface area contributed by atoms with E-state index in [2.05, 4.69) is 134 Å². The number of rotatable bonds is 5. The van der Waals surface area contributed by atoms with Crippen LogP contribution in [0, 0.1) is 0 Å². The van der Waals surface area contributed by atoms with Gasteiger partial charge >= 0.3 is 0 Å². The molecule has 0 unspecified atom stereocenters. The summed E-state index contributed by atoms with van der Waals surface area (Å²) in [5.74, 6) is 0.622. The summed E-state index contributed by atoms with van der Waals surface area (Å²) in [5, 5.41) is 5.09. The quantitative estimate of drug-likeness (QED) is 0.130. The van der Waals surface area contributed by atoms with E-state index in [1.165, 1.54) is 54.8 Å². The molecule has 0 saturated heterocycles. The van der Waals surface area contributed by atoms with Gasteiger partial charge in [0.05, 0.1) is 16.7 Å². The summed E-state index contributed by atoms with van der Waals surface area (Å²) in [6.45, 7) is 11.1. The van der Waals surface area contributed by atoms with Crippen LogP contribution in [0.1, 0.15) is 48.6 Å². The average Bonchev–Trinajstić information content (AvgIpc) is 3.62. The predicted molar refractivity (Wildman–Crippen MR) is 217 cm³/mol. The zero-order valence-electron chi connectivity index (χ0n) is 29.1. The van der Waals surface area contributed by atoms with Crippen LogP contribution in [-0.2, 0) is 5.41 Å². The van der Waals surface area contributed by atoms with Gasteiger partial charge in [0.2, 0.25) is 0 Å². The Morgan fingerprint density at radius 1 is 0.549 bits per heavy atom. The minimum atomic E-state index is -0.163. The first kappa shape index (κ1) is 30.7. The first-order valence-electron chi connectivity index (χ1n) is 17.5. The van der Waals surface area contributed by atoms with E-state index in [-0.39, 0.29) is 5.41 Å². The van der Waals surface area contributed by atoms with E-state index in [9.17, 15) is 0 Å². The summed E-state index contributed by atoms with van der Waals surface area (Å²) in [5.41, 5.74) is 13.2. The summed E-state index contributed by atoms with van der Waals surface area (Å²) in [4.78, 5) is 10.2. The minimum Gasteiger partial charge on any atom is -0.309 e. The summed E-state index contributed by atoms with van der Waals surface area (Å²) in [7, 11) is 0. The molecule has 0 N–H and O–H groups in total. The maximum atomic E-state index is 5.14. The maximum absolute atomic E-state index is 5.14. The van der Waals surface area contributed by atoms with Gasteiger partial charge in [-0.15, -0.1) is 0 Å². The zero-order valence-corrected chi connectivity index (χ0v) is 29.1. The van der Waals surface area contributed by atoms with Gasteiger partial charge in [0.25, 0.3) is 0 Å². The lowest BCUT2D eigenvalue weighted by Crippen LogP contribution is -2.15. The molecule has 8 aromatic rings. The highest BCUT2D eigenvalue weighted by molar-refractivity contribution is 6.14. The molecule has 0 bridgehead atoms. The zero-order chi connectivity index (χ0) is 34.7. The molecule has 0 atom stereocenters. The van der Waals surface area contributed by atoms with E-state index < -0.39 is 0 Å². The summed E-state index contributed by atoms with van der Waals surface area (Å²) in [6.07, 6.45) is 0. The molecule has 0 amide bonds. The van der Waals surface area contributed by atoms with Crippen LogP contribution in [0.5, 0.6) is 0 Å². The minimum absolute atomic E-state index is 0.163. The molecule has 51 heavy (non-hydrogen) atoms. The third-order valence-corrected chi connectivity index (χ3v) is 10.5. The van der Waals surface area contributed by atoms with E-state index >= 15 is 0 Å². The Labute approximate surface area is 298 Å². The van der Waals surface area contributed by atoms with Gasteiger partial charge in [0.1, 0.15) is 0 Å². The SMILES string of the molecule is C=C(/N=C(\N=C(/C)c1ccccc1)c1cccc(-n2c3ccccc3c3cc4c(cc32)C(C)(C)c2c-4ccc3ccccc23)c1)c1ccccc1. The van der Waals surface area contributed by atoms with Gasteiger partial charge < -0.3 is 4.57 Å². The van der Waals surface area contributed by atoms with Crippen molar-refractivity contribution in [1.82, 2.24) is 4.57 Å². The first-order chi connectivity index (χ1) is 24.9. The second kappa shape index (κ2) is 11.9. The molecule has 1 aliphatic carbocycles. The van der Waals surface area contributed by atoms with Crippen LogP contribution in [0.25, 0.3) is 55.1 Å². The molecule has 1 aromatic heterocycles. The highest BCUT2D eigenvalue weighted by atomic mass is 15.0. The van der Waals surface area contributed by atoms with Crippen molar-refractivity contribution in [2.75, 3.05) is 0 Å². The monoisotopic (exact) mass is 655 g/mol. The summed E-state index contributed by atoms with van der Waals surface area (Å²) >= 11 is 0. The largest absolute Gasteiger partial charge is 0.309 e. The van der Waals surface area contributed by atoms with Crippen molar-refractivity contribution < 1.29 is 0 Å². The number of hydrogen-bond acceptors (Lipinski definition) is 1. The smallest absolute Gasteiger partial charge is 0.160 e. The Hall–Kier alpha value is -6.32. The van der Waals surface area contributed by atoms with Gasteiger partial charge in [-0.05, 0) is 81.4 Å². The molecule has 0 saturated carbocycles. The van der Waals surface area contributed by atoms with Crippen LogP contribution in [0.15, 0.2) is 174 Å². The predicted octanol–water partition coefficient (Wildman–Crippen LogP) is 12.2. The molecule has 3 heteroatoms. The molecule has 1 aliphatic rings. The number of benzene rings is 7. The van der Waals surface area contributed by atoms with Crippen LogP contribution in [0.4, 0.5) is 0 Å². The number of hydrogen-bond donors (Lipinski definition) is 0. The fraction of sp³-hybridized carbons (Fsp3) is 0.0833. The van der Waals surface area contributed by atoms with Crippen LogP contribution in [0.3, 0.4) is 0 Å². The van der Waals surface area contributed by atoms with E-state index in [0.717, 1.165) is 28.1 Å². The first-order valence-corrected chi connectivity index (χ1v) is 17.5. The van der Waals surface area contributed by atoms with Gasteiger partial charge in [-0.1, -0.05) is 148 Å². The van der Waals surface area contributed by atoms with E-state index in [4.69, 9.17) is 9.98 Å². The Bertz CT molecular complexity index is 2730. The number of para-hydroxylation sites is 1. The fourth-order valence-electron chi connectivity index (χ4n) is 8.00. The third kappa shape index (κ3) is 5.04. The number of nitrogens with zero attached hydrogens (tertiary/aromatic N) is 3. The molecule has 3 nitrogen and oxygen atoms in total. The lowest BCUT2D eigenvalue weighted by atomic mass is 9.80. The van der Waals surface area contributed by atoms with Gasteiger partial charge in [0.15, 0.2) is 5.84 Å². The van der Waals surface area contributed by atoms with Crippen molar-refractivity contribution in [2.24, 2.45) is 9.98 Å². The van der Waals surface area contributed by atoms with Gasteiger partial charge in [-0.2, -0.15) is 0 Å². The second-order valence-corrected chi connectivity index (χ2v) is 14.0. The molecule has 7 aromatic carbocycles. The molecule has 1 heterocycles. The van der Waals surface area contributed by atoms with Crippen LogP contribution in [0.2, 0.25) is 0 Å². The standard InChI is InChI=1S/C48H37N3/c1-31(33-16-7-5-8-17-33)49-47(50-32(2)34-18-9-6-10-19-34)36-21-15-22-37(28-36)51-44-25-14-13-24-39(44)42-29-41-40-27-26-35-20-11-12-23-38(35)46(40)48(3,4)43(41)30-45(42)51/h5-30H,1H2,2-4H3/b49-47-,50-32+. The van der Waals surface area contributed by atoms with Crippen molar-refractivity contribution in [3.05, 3.63) is 192 Å². The third-order valence-electron chi connectivity index (χ3n) is 10.5. The molecule has 244 valence electrons. The highest BCUT2D eigenvalue weighted by Gasteiger charge is 2.37. The normalized spacial score (nSPS) is 13.9. The Kier molecular flexibility index (Phi) is 7.18. The summed E-state index contributed by atoms with van der Waals surface area (Å²) in [6, 6.07) is 55.9. The van der Waals surface area contributed by atoms with Crippen LogP contribution < -0.4 is 0 Å². The van der Waals surface area contributed by atoms with E-state index in [1.54, 1.807) is 0 Å². The average molecular weight is 656 g/mol. The number of aliphatic imine (C=N–C) groups is 2. The lowest BCUT2D eigenvalue weighted by molar-refractivity contribution is 0.667. The van der Waals surface area contributed by atoms with Gasteiger partial charge in [0, 0.05) is 33.1 Å². The van der Waals surface area contributed by atoms with Crippen molar-refractivity contribution in [3.63, 3.8) is 0 Å². The van der Waals surface area contributed by atoms with Gasteiger partial charge in [-0.3, -0.25) is 0 Å². The van der Waals surface area contributed by atoms with E-state index in [0.29, 0.717) is 11.5 Å². The summed E-state index contributed by atoms with van der Waals surface area (Å²) < 4.78 is 2.41. The van der Waals surface area contributed by atoms with Crippen molar-refractivity contribution in [2.45, 2.75) is 26.2 Å². The van der Waals surface area contributed by atoms with Gasteiger partial charge in [-0.25, -0.2) is 9.98 Å². The maximum Gasteiger partial charge on any atom is 0.160 e. The molecular weight excluding hydrogens is 619 g/mol. The number of amidine groups is 1. The lowest BCUT2D eigenvalue weighted by Gasteiger charge is -2.23. The molecule has 9 rings (SSSR count). The Balaban J connectivity index is 1.24.